The van der Waals surface area contributed by atoms with Crippen LogP contribution in [-0.2, 0) is 12.8 Å². The van der Waals surface area contributed by atoms with Gasteiger partial charge >= 0.3 is 0 Å². The SMILES string of the molecule is CC#CCNc1nc(C)nc2c1CCCC2. The normalized spacial score (nSPS) is 13.6. The zero-order valence-corrected chi connectivity index (χ0v) is 9.93. The molecule has 0 atom stereocenters. The van der Waals surface area contributed by atoms with Crippen LogP contribution in [-0.4, -0.2) is 16.5 Å². The Bertz CT molecular complexity index is 440. The molecule has 1 aliphatic rings. The Morgan fingerprint density at radius 2 is 2.06 bits per heavy atom. The Hall–Kier alpha value is -1.56. The molecule has 0 aliphatic heterocycles. The van der Waals surface area contributed by atoms with Crippen molar-refractivity contribution in [3.8, 4) is 11.8 Å². The minimum Gasteiger partial charge on any atom is -0.359 e. The molecule has 1 N–H and O–H groups in total. The Labute approximate surface area is 96.7 Å². The van der Waals surface area contributed by atoms with E-state index in [9.17, 15) is 0 Å². The molecule has 0 radical (unpaired) electrons. The topological polar surface area (TPSA) is 37.8 Å². The molecule has 0 saturated heterocycles. The van der Waals surface area contributed by atoms with Crippen LogP contribution < -0.4 is 5.32 Å². The number of hydrogen-bond donors (Lipinski definition) is 1. The largest absolute Gasteiger partial charge is 0.359 e. The van der Waals surface area contributed by atoms with Crippen molar-refractivity contribution in [2.45, 2.75) is 39.5 Å². The van der Waals surface area contributed by atoms with Gasteiger partial charge in [-0.25, -0.2) is 9.97 Å². The van der Waals surface area contributed by atoms with Crippen molar-refractivity contribution < 1.29 is 0 Å². The summed E-state index contributed by atoms with van der Waals surface area (Å²) < 4.78 is 0. The summed E-state index contributed by atoms with van der Waals surface area (Å²) in [4.78, 5) is 8.98. The van der Waals surface area contributed by atoms with Crippen molar-refractivity contribution in [2.24, 2.45) is 0 Å². The lowest BCUT2D eigenvalue weighted by Crippen LogP contribution is -2.13. The van der Waals surface area contributed by atoms with Crippen molar-refractivity contribution in [1.82, 2.24) is 9.97 Å². The maximum atomic E-state index is 4.52. The van der Waals surface area contributed by atoms with Crippen molar-refractivity contribution in [3.63, 3.8) is 0 Å². The van der Waals surface area contributed by atoms with Gasteiger partial charge in [-0.15, -0.1) is 5.92 Å². The first-order chi connectivity index (χ1) is 7.81. The summed E-state index contributed by atoms with van der Waals surface area (Å²) in [5.41, 5.74) is 2.53. The number of aryl methyl sites for hydroxylation is 2. The predicted octanol–water partition coefficient (Wildman–Crippen LogP) is 2.10. The average molecular weight is 215 g/mol. The highest BCUT2D eigenvalue weighted by Gasteiger charge is 2.16. The first-order valence-corrected chi connectivity index (χ1v) is 5.81. The Balaban J connectivity index is 2.27. The summed E-state index contributed by atoms with van der Waals surface area (Å²) in [7, 11) is 0. The van der Waals surface area contributed by atoms with Gasteiger partial charge in [-0.1, -0.05) is 5.92 Å². The second-order valence-corrected chi connectivity index (χ2v) is 4.03. The minimum atomic E-state index is 0.666. The van der Waals surface area contributed by atoms with Crippen LogP contribution in [0.15, 0.2) is 0 Å². The van der Waals surface area contributed by atoms with Crippen molar-refractivity contribution in [1.29, 1.82) is 0 Å². The maximum absolute atomic E-state index is 4.52. The van der Waals surface area contributed by atoms with Gasteiger partial charge in [0.25, 0.3) is 0 Å². The molecule has 3 nitrogen and oxygen atoms in total. The number of rotatable bonds is 2. The highest BCUT2D eigenvalue weighted by Crippen LogP contribution is 2.25. The van der Waals surface area contributed by atoms with E-state index in [1.54, 1.807) is 0 Å². The average Bonchev–Trinajstić information content (AvgIpc) is 2.29. The first-order valence-electron chi connectivity index (χ1n) is 5.81. The highest BCUT2D eigenvalue weighted by molar-refractivity contribution is 5.48. The van der Waals surface area contributed by atoms with E-state index in [1.165, 1.54) is 24.1 Å². The van der Waals surface area contributed by atoms with Crippen molar-refractivity contribution >= 4 is 5.82 Å². The quantitative estimate of drug-likeness (QED) is 0.768. The zero-order chi connectivity index (χ0) is 11.4. The molecule has 0 aromatic carbocycles. The predicted molar refractivity (Wildman–Crippen MR) is 65.4 cm³/mol. The number of hydrogen-bond acceptors (Lipinski definition) is 3. The van der Waals surface area contributed by atoms with E-state index in [0.717, 1.165) is 24.5 Å². The van der Waals surface area contributed by atoms with Crippen molar-refractivity contribution in [3.05, 3.63) is 17.1 Å². The van der Waals surface area contributed by atoms with Crippen LogP contribution in [0.5, 0.6) is 0 Å². The lowest BCUT2D eigenvalue weighted by Gasteiger charge is -2.18. The monoisotopic (exact) mass is 215 g/mol. The third kappa shape index (κ3) is 2.33. The van der Waals surface area contributed by atoms with Gasteiger partial charge in [0.1, 0.15) is 11.6 Å². The molecule has 0 fully saturated rings. The number of aromatic nitrogens is 2. The molecule has 16 heavy (non-hydrogen) atoms. The van der Waals surface area contributed by atoms with E-state index in [0.29, 0.717) is 6.54 Å². The van der Waals surface area contributed by atoms with Crippen LogP contribution in [0.3, 0.4) is 0 Å². The standard InChI is InChI=1S/C13H17N3/c1-3-4-9-14-13-11-7-5-6-8-12(11)15-10(2)16-13/h5-9H2,1-2H3,(H,14,15,16). The summed E-state index contributed by atoms with van der Waals surface area (Å²) in [5.74, 6) is 7.72. The van der Waals surface area contributed by atoms with Crippen LogP contribution in [0.2, 0.25) is 0 Å². The summed E-state index contributed by atoms with van der Waals surface area (Å²) in [6.45, 7) is 4.47. The molecular formula is C13H17N3. The summed E-state index contributed by atoms with van der Waals surface area (Å²) in [6, 6.07) is 0. The van der Waals surface area contributed by atoms with Crippen LogP contribution >= 0.6 is 0 Å². The summed E-state index contributed by atoms with van der Waals surface area (Å²) in [5, 5.41) is 3.29. The van der Waals surface area contributed by atoms with Gasteiger partial charge in [-0.3, -0.25) is 0 Å². The fourth-order valence-electron chi connectivity index (χ4n) is 2.08. The minimum absolute atomic E-state index is 0.666. The van der Waals surface area contributed by atoms with Gasteiger partial charge in [-0.05, 0) is 39.5 Å². The van der Waals surface area contributed by atoms with Gasteiger partial charge in [-0.2, -0.15) is 0 Å². The fourth-order valence-corrected chi connectivity index (χ4v) is 2.08. The highest BCUT2D eigenvalue weighted by atomic mass is 15.0. The van der Waals surface area contributed by atoms with Crippen LogP contribution in [0.1, 0.15) is 36.8 Å². The number of anilines is 1. The third-order valence-corrected chi connectivity index (χ3v) is 2.82. The van der Waals surface area contributed by atoms with E-state index in [2.05, 4.69) is 27.1 Å². The van der Waals surface area contributed by atoms with Gasteiger partial charge in [0.15, 0.2) is 0 Å². The molecular weight excluding hydrogens is 198 g/mol. The third-order valence-electron chi connectivity index (χ3n) is 2.82. The fraction of sp³-hybridized carbons (Fsp3) is 0.538. The molecule has 1 heterocycles. The van der Waals surface area contributed by atoms with Gasteiger partial charge in [0, 0.05) is 11.3 Å². The van der Waals surface area contributed by atoms with E-state index >= 15 is 0 Å². The van der Waals surface area contributed by atoms with Gasteiger partial charge in [0.05, 0.1) is 6.54 Å². The molecule has 0 unspecified atom stereocenters. The Morgan fingerprint density at radius 1 is 1.25 bits per heavy atom. The molecule has 84 valence electrons. The van der Waals surface area contributed by atoms with E-state index in [4.69, 9.17) is 0 Å². The molecule has 1 aromatic rings. The van der Waals surface area contributed by atoms with E-state index < -0.39 is 0 Å². The number of nitrogens with zero attached hydrogens (tertiary/aromatic N) is 2. The molecule has 1 aliphatic carbocycles. The van der Waals surface area contributed by atoms with Gasteiger partial charge < -0.3 is 5.32 Å². The van der Waals surface area contributed by atoms with Crippen LogP contribution in [0.25, 0.3) is 0 Å². The zero-order valence-electron chi connectivity index (χ0n) is 9.93. The summed E-state index contributed by atoms with van der Waals surface area (Å²) >= 11 is 0. The second-order valence-electron chi connectivity index (χ2n) is 4.03. The Morgan fingerprint density at radius 3 is 2.88 bits per heavy atom. The lowest BCUT2D eigenvalue weighted by atomic mass is 9.96. The second kappa shape index (κ2) is 4.98. The molecule has 0 spiro atoms. The maximum Gasteiger partial charge on any atom is 0.133 e. The number of nitrogens with one attached hydrogen (secondary N) is 1. The Kier molecular flexibility index (Phi) is 3.40. The number of fused-ring (bicyclic) bond motifs is 1. The molecule has 2 rings (SSSR count). The molecule has 0 bridgehead atoms. The van der Waals surface area contributed by atoms with E-state index in [1.807, 2.05) is 13.8 Å². The first kappa shape index (κ1) is 10.9. The van der Waals surface area contributed by atoms with E-state index in [-0.39, 0.29) is 0 Å². The van der Waals surface area contributed by atoms with Gasteiger partial charge in [0.2, 0.25) is 0 Å². The van der Waals surface area contributed by atoms with Crippen LogP contribution in [0.4, 0.5) is 5.82 Å². The molecule has 0 amide bonds. The molecule has 1 aromatic heterocycles. The smallest absolute Gasteiger partial charge is 0.133 e. The molecule has 3 heteroatoms. The lowest BCUT2D eigenvalue weighted by molar-refractivity contribution is 0.660. The summed E-state index contributed by atoms with van der Waals surface area (Å²) in [6.07, 6.45) is 4.68. The van der Waals surface area contributed by atoms with Crippen LogP contribution in [0, 0.1) is 18.8 Å². The molecule has 0 saturated carbocycles. The van der Waals surface area contributed by atoms with Crippen molar-refractivity contribution in [2.75, 3.05) is 11.9 Å².